The number of hydrogen-bond acceptors (Lipinski definition) is 3. The summed E-state index contributed by atoms with van der Waals surface area (Å²) < 4.78 is 7.28. The summed E-state index contributed by atoms with van der Waals surface area (Å²) in [5.41, 5.74) is 2.17. The minimum atomic E-state index is 0.712. The molecule has 0 aliphatic heterocycles. The maximum Gasteiger partial charge on any atom is 0.152 e. The lowest BCUT2D eigenvalue weighted by Crippen LogP contribution is -2.28. The third-order valence-corrected chi connectivity index (χ3v) is 3.51. The van der Waals surface area contributed by atoms with E-state index >= 15 is 0 Å². The minimum Gasteiger partial charge on any atom is -0.383 e. The SMILES string of the molecule is CCN(CCOC)c1nc2ccccn2c1CBr. The van der Waals surface area contributed by atoms with Gasteiger partial charge in [0.2, 0.25) is 0 Å². The number of likely N-dealkylation sites (N-methyl/N-ethyl adjacent to an activating group) is 1. The molecule has 0 spiro atoms. The van der Waals surface area contributed by atoms with Gasteiger partial charge in [0, 0.05) is 31.7 Å². The van der Waals surface area contributed by atoms with Crippen molar-refractivity contribution >= 4 is 27.4 Å². The Morgan fingerprint density at radius 3 is 2.94 bits per heavy atom. The van der Waals surface area contributed by atoms with Crippen LogP contribution in [0.15, 0.2) is 24.4 Å². The van der Waals surface area contributed by atoms with Crippen LogP contribution in [-0.2, 0) is 10.1 Å². The Bertz CT molecular complexity index is 512. The van der Waals surface area contributed by atoms with Crippen molar-refractivity contribution in [3.05, 3.63) is 30.1 Å². The molecule has 0 amide bonds. The van der Waals surface area contributed by atoms with Crippen LogP contribution in [0, 0.1) is 0 Å². The molecule has 18 heavy (non-hydrogen) atoms. The van der Waals surface area contributed by atoms with Crippen molar-refractivity contribution < 1.29 is 4.74 Å². The zero-order chi connectivity index (χ0) is 13.0. The zero-order valence-corrected chi connectivity index (χ0v) is 12.4. The number of halogens is 1. The van der Waals surface area contributed by atoms with E-state index in [0.717, 1.165) is 29.9 Å². The van der Waals surface area contributed by atoms with Crippen LogP contribution in [0.25, 0.3) is 5.65 Å². The molecule has 0 fully saturated rings. The molecule has 0 radical (unpaired) electrons. The molecule has 0 atom stereocenters. The molecular formula is C13H18BrN3O. The average molecular weight is 312 g/mol. The van der Waals surface area contributed by atoms with Crippen LogP contribution in [0.5, 0.6) is 0 Å². The summed E-state index contributed by atoms with van der Waals surface area (Å²) in [6.45, 7) is 4.63. The number of ether oxygens (including phenoxy) is 1. The summed E-state index contributed by atoms with van der Waals surface area (Å²) in [4.78, 5) is 6.95. The molecule has 2 aromatic heterocycles. The maximum atomic E-state index is 5.16. The summed E-state index contributed by atoms with van der Waals surface area (Å²) in [6.07, 6.45) is 2.05. The lowest BCUT2D eigenvalue weighted by molar-refractivity contribution is 0.205. The molecule has 98 valence electrons. The second-order valence-electron chi connectivity index (χ2n) is 4.02. The van der Waals surface area contributed by atoms with Crippen molar-refractivity contribution in [2.24, 2.45) is 0 Å². The number of imidazole rings is 1. The summed E-state index contributed by atoms with van der Waals surface area (Å²) in [5, 5.41) is 0.789. The van der Waals surface area contributed by atoms with Gasteiger partial charge in [0.05, 0.1) is 12.3 Å². The molecule has 5 heteroatoms. The Kier molecular flexibility index (Phi) is 4.60. The van der Waals surface area contributed by atoms with Gasteiger partial charge in [-0.05, 0) is 19.1 Å². The monoisotopic (exact) mass is 311 g/mol. The number of rotatable bonds is 6. The smallest absolute Gasteiger partial charge is 0.152 e. The van der Waals surface area contributed by atoms with Crippen molar-refractivity contribution in [3.63, 3.8) is 0 Å². The second kappa shape index (κ2) is 6.20. The average Bonchev–Trinajstić information content (AvgIpc) is 2.78. The van der Waals surface area contributed by atoms with Gasteiger partial charge >= 0.3 is 0 Å². The fourth-order valence-electron chi connectivity index (χ4n) is 2.03. The fourth-order valence-corrected chi connectivity index (χ4v) is 2.55. The van der Waals surface area contributed by atoms with Crippen LogP contribution in [0.4, 0.5) is 5.82 Å². The molecule has 4 nitrogen and oxygen atoms in total. The molecule has 0 saturated carbocycles. The quantitative estimate of drug-likeness (QED) is 0.768. The molecule has 0 bridgehead atoms. The van der Waals surface area contributed by atoms with E-state index in [1.807, 2.05) is 24.4 Å². The van der Waals surface area contributed by atoms with E-state index in [4.69, 9.17) is 9.72 Å². The third-order valence-electron chi connectivity index (χ3n) is 2.98. The molecule has 0 aromatic carbocycles. The molecule has 0 aliphatic rings. The highest BCUT2D eigenvalue weighted by molar-refractivity contribution is 9.08. The first-order valence-corrected chi connectivity index (χ1v) is 7.19. The second-order valence-corrected chi connectivity index (χ2v) is 4.58. The van der Waals surface area contributed by atoms with Crippen LogP contribution in [0.2, 0.25) is 0 Å². The van der Waals surface area contributed by atoms with Gasteiger partial charge in [0.25, 0.3) is 0 Å². The molecule has 0 aliphatic carbocycles. The Morgan fingerprint density at radius 1 is 1.44 bits per heavy atom. The van der Waals surface area contributed by atoms with E-state index in [9.17, 15) is 0 Å². The van der Waals surface area contributed by atoms with Gasteiger partial charge in [-0.1, -0.05) is 22.0 Å². The first-order chi connectivity index (χ1) is 8.81. The van der Waals surface area contributed by atoms with E-state index in [1.54, 1.807) is 7.11 Å². The van der Waals surface area contributed by atoms with Crippen LogP contribution < -0.4 is 4.90 Å². The predicted molar refractivity (Wildman–Crippen MR) is 77.6 cm³/mol. The van der Waals surface area contributed by atoms with Gasteiger partial charge in [-0.25, -0.2) is 4.98 Å². The van der Waals surface area contributed by atoms with Crippen molar-refractivity contribution in [1.82, 2.24) is 9.38 Å². The van der Waals surface area contributed by atoms with Crippen LogP contribution >= 0.6 is 15.9 Å². The van der Waals surface area contributed by atoms with Crippen molar-refractivity contribution in [2.75, 3.05) is 31.7 Å². The Labute approximate surface area is 116 Å². The van der Waals surface area contributed by atoms with Gasteiger partial charge in [-0.15, -0.1) is 0 Å². The summed E-state index contributed by atoms with van der Waals surface area (Å²) in [7, 11) is 1.73. The topological polar surface area (TPSA) is 29.8 Å². The van der Waals surface area contributed by atoms with Crippen molar-refractivity contribution in [1.29, 1.82) is 0 Å². The molecular weight excluding hydrogens is 294 g/mol. The summed E-state index contributed by atoms with van der Waals surface area (Å²) >= 11 is 3.56. The Balaban J connectivity index is 2.41. The fraction of sp³-hybridized carbons (Fsp3) is 0.462. The van der Waals surface area contributed by atoms with Crippen molar-refractivity contribution in [2.45, 2.75) is 12.3 Å². The highest BCUT2D eigenvalue weighted by Gasteiger charge is 2.15. The number of aromatic nitrogens is 2. The number of alkyl halides is 1. The predicted octanol–water partition coefficient (Wildman–Crippen LogP) is 2.70. The van der Waals surface area contributed by atoms with Gasteiger partial charge in [0.1, 0.15) is 5.65 Å². The normalized spacial score (nSPS) is 11.1. The van der Waals surface area contributed by atoms with E-state index in [1.165, 1.54) is 5.69 Å². The third kappa shape index (κ3) is 2.52. The lowest BCUT2D eigenvalue weighted by Gasteiger charge is -2.21. The maximum absolute atomic E-state index is 5.16. The van der Waals surface area contributed by atoms with E-state index < -0.39 is 0 Å². The molecule has 2 aromatic rings. The van der Waals surface area contributed by atoms with Crippen LogP contribution in [0.1, 0.15) is 12.6 Å². The summed E-state index contributed by atoms with van der Waals surface area (Å²) in [6, 6.07) is 6.06. The van der Waals surface area contributed by atoms with E-state index in [-0.39, 0.29) is 0 Å². The van der Waals surface area contributed by atoms with Crippen molar-refractivity contribution in [3.8, 4) is 0 Å². The van der Waals surface area contributed by atoms with Gasteiger partial charge in [-0.3, -0.25) is 0 Å². The van der Waals surface area contributed by atoms with E-state index in [2.05, 4.69) is 32.2 Å². The minimum absolute atomic E-state index is 0.712. The molecule has 0 saturated heterocycles. The lowest BCUT2D eigenvalue weighted by atomic mass is 10.4. The standard InChI is InChI=1S/C13H18BrN3O/c1-3-16(8-9-18-2)13-11(10-14)17-7-5-4-6-12(17)15-13/h4-7H,3,8-10H2,1-2H3. The first kappa shape index (κ1) is 13.4. The number of nitrogens with zero attached hydrogens (tertiary/aromatic N) is 3. The van der Waals surface area contributed by atoms with Gasteiger partial charge < -0.3 is 14.0 Å². The van der Waals surface area contributed by atoms with Gasteiger partial charge in [0.15, 0.2) is 5.82 Å². The zero-order valence-electron chi connectivity index (χ0n) is 10.8. The van der Waals surface area contributed by atoms with E-state index in [0.29, 0.717) is 6.61 Å². The highest BCUT2D eigenvalue weighted by atomic mass is 79.9. The first-order valence-electron chi connectivity index (χ1n) is 6.07. The largest absolute Gasteiger partial charge is 0.383 e. The molecule has 2 rings (SSSR count). The number of pyridine rings is 1. The highest BCUT2D eigenvalue weighted by Crippen LogP contribution is 2.23. The number of methoxy groups -OCH3 is 1. The Hall–Kier alpha value is -1.07. The van der Waals surface area contributed by atoms with Crippen LogP contribution in [0.3, 0.4) is 0 Å². The number of hydrogen-bond donors (Lipinski definition) is 0. The molecule has 2 heterocycles. The Morgan fingerprint density at radius 2 is 2.28 bits per heavy atom. The summed E-state index contributed by atoms with van der Waals surface area (Å²) in [5.74, 6) is 1.04. The van der Waals surface area contributed by atoms with Gasteiger partial charge in [-0.2, -0.15) is 0 Å². The number of fused-ring (bicyclic) bond motifs is 1. The molecule has 0 unspecified atom stereocenters. The molecule has 0 N–H and O–H groups in total. The van der Waals surface area contributed by atoms with Crippen LogP contribution in [-0.4, -0.2) is 36.2 Å². The number of anilines is 1.